The number of carbonyl (C=O) groups excluding carboxylic acids is 1. The molecule has 0 saturated heterocycles. The Morgan fingerprint density at radius 3 is 2.52 bits per heavy atom. The Balaban J connectivity index is 1.72. The van der Waals surface area contributed by atoms with E-state index in [2.05, 4.69) is 37.4 Å². The largest absolute Gasteiger partial charge is 0.379 e. The Morgan fingerprint density at radius 2 is 1.90 bits per heavy atom. The van der Waals surface area contributed by atoms with Gasteiger partial charge in [0.25, 0.3) is 11.9 Å². The maximum absolute atomic E-state index is 14.7. The topological polar surface area (TPSA) is 150 Å². The fourth-order valence-corrected chi connectivity index (χ4v) is 3.30. The lowest BCUT2D eigenvalue weighted by atomic mass is 9.91. The molecular weight excluding hydrogens is 401 g/mol. The summed E-state index contributed by atoms with van der Waals surface area (Å²) in [6.07, 6.45) is 10.8. The van der Waals surface area contributed by atoms with E-state index in [0.29, 0.717) is 11.4 Å². The average molecular weight is 427 g/mol. The lowest BCUT2D eigenvalue weighted by Crippen LogP contribution is -2.46. The predicted octanol–water partition coefficient (Wildman–Crippen LogP) is 1.46. The Labute approximate surface area is 179 Å². The van der Waals surface area contributed by atoms with Crippen LogP contribution in [0.5, 0.6) is 0 Å². The Hall–Kier alpha value is -3.60. The summed E-state index contributed by atoms with van der Waals surface area (Å²) in [5.41, 5.74) is 12.4. The highest BCUT2D eigenvalue weighted by Gasteiger charge is 2.23. The number of hydrogen-bond donors (Lipinski definition) is 4. The van der Waals surface area contributed by atoms with E-state index < -0.39 is 11.7 Å². The number of amides is 1. The minimum atomic E-state index is -0.791. The van der Waals surface area contributed by atoms with Crippen LogP contribution in [-0.4, -0.2) is 43.0 Å². The van der Waals surface area contributed by atoms with Gasteiger partial charge in [0.05, 0.1) is 41.7 Å². The molecule has 164 valence electrons. The number of halogens is 1. The van der Waals surface area contributed by atoms with Crippen molar-refractivity contribution < 1.29 is 9.18 Å². The zero-order chi connectivity index (χ0) is 22.4. The van der Waals surface area contributed by atoms with E-state index in [1.165, 1.54) is 29.6 Å². The van der Waals surface area contributed by atoms with Crippen molar-refractivity contribution in [2.24, 2.45) is 11.5 Å². The number of nitrogens with zero attached hydrogens (tertiary/aromatic N) is 5. The van der Waals surface area contributed by atoms with Gasteiger partial charge in [-0.3, -0.25) is 4.79 Å². The monoisotopic (exact) mass is 427 g/mol. The Bertz CT molecular complexity index is 983. The molecule has 1 amide bonds. The minimum Gasteiger partial charge on any atom is -0.379 e. The summed E-state index contributed by atoms with van der Waals surface area (Å²) in [5, 5.41) is 13.9. The molecule has 2 heterocycles. The van der Waals surface area contributed by atoms with Crippen molar-refractivity contribution in [3.8, 4) is 5.95 Å². The van der Waals surface area contributed by atoms with Gasteiger partial charge in [0.1, 0.15) is 5.83 Å². The van der Waals surface area contributed by atoms with Crippen molar-refractivity contribution in [2.75, 3.05) is 5.32 Å². The molecule has 1 aliphatic carbocycles. The van der Waals surface area contributed by atoms with Gasteiger partial charge in [0.15, 0.2) is 0 Å². The number of carbonyl (C=O) groups is 1. The molecule has 0 spiro atoms. The van der Waals surface area contributed by atoms with Gasteiger partial charge in [-0.2, -0.15) is 10.2 Å². The van der Waals surface area contributed by atoms with Crippen LogP contribution >= 0.6 is 0 Å². The smallest absolute Gasteiger partial charge is 0.268 e. The number of allylic oxidation sites excluding steroid dienone is 2. The summed E-state index contributed by atoms with van der Waals surface area (Å²) in [6.45, 7) is 5.33. The molecule has 10 nitrogen and oxygen atoms in total. The molecule has 1 saturated carbocycles. The van der Waals surface area contributed by atoms with E-state index >= 15 is 0 Å². The van der Waals surface area contributed by atoms with Crippen molar-refractivity contribution in [3.05, 3.63) is 60.2 Å². The zero-order valence-electron chi connectivity index (χ0n) is 17.3. The van der Waals surface area contributed by atoms with Crippen LogP contribution < -0.4 is 22.1 Å². The molecule has 0 aromatic carbocycles. The predicted molar refractivity (Wildman–Crippen MR) is 114 cm³/mol. The summed E-state index contributed by atoms with van der Waals surface area (Å²) in [7, 11) is 0. The quantitative estimate of drug-likeness (QED) is 0.365. The summed E-state index contributed by atoms with van der Waals surface area (Å²) in [6, 6.07) is -0.117. The number of nitrogens with two attached hydrogens (primary N) is 2. The van der Waals surface area contributed by atoms with Gasteiger partial charge < -0.3 is 22.1 Å². The summed E-state index contributed by atoms with van der Waals surface area (Å²) < 4.78 is 14.7. The number of aromatic nitrogens is 5. The second-order valence-corrected chi connectivity index (χ2v) is 7.29. The average Bonchev–Trinajstić information content (AvgIpc) is 3.28. The minimum absolute atomic E-state index is 0.0359. The van der Waals surface area contributed by atoms with E-state index in [4.69, 9.17) is 11.5 Å². The summed E-state index contributed by atoms with van der Waals surface area (Å²) in [5.74, 6) is -1.20. The first-order chi connectivity index (χ1) is 14.8. The molecule has 1 aliphatic rings. The van der Waals surface area contributed by atoms with Crippen molar-refractivity contribution in [2.45, 2.75) is 44.7 Å². The van der Waals surface area contributed by atoms with E-state index in [9.17, 15) is 9.18 Å². The fourth-order valence-electron chi connectivity index (χ4n) is 3.30. The molecule has 0 radical (unpaired) electrons. The second kappa shape index (κ2) is 9.94. The summed E-state index contributed by atoms with van der Waals surface area (Å²) in [4.78, 5) is 21.5. The number of nitrogens with one attached hydrogen (secondary N) is 2. The number of primary amides is 1. The van der Waals surface area contributed by atoms with Gasteiger partial charge in [0.2, 0.25) is 0 Å². The SMILES string of the molecule is C=C(NC1CCCCC1N)/C(F)=C\C(C(N)=O)=C(/C)Nc1cnc(-n2nccn2)nc1. The molecule has 11 heteroatoms. The van der Waals surface area contributed by atoms with Gasteiger partial charge in [-0.15, -0.1) is 4.80 Å². The molecule has 0 bridgehead atoms. The van der Waals surface area contributed by atoms with Crippen molar-refractivity contribution in [3.63, 3.8) is 0 Å². The van der Waals surface area contributed by atoms with E-state index in [1.54, 1.807) is 6.92 Å². The first-order valence-corrected chi connectivity index (χ1v) is 9.90. The first kappa shape index (κ1) is 22.1. The van der Waals surface area contributed by atoms with Gasteiger partial charge in [0, 0.05) is 17.8 Å². The van der Waals surface area contributed by atoms with Crippen LogP contribution in [0.2, 0.25) is 0 Å². The van der Waals surface area contributed by atoms with Crippen LogP contribution in [0.25, 0.3) is 5.95 Å². The maximum atomic E-state index is 14.7. The lowest BCUT2D eigenvalue weighted by Gasteiger charge is -2.30. The molecular formula is C20H26FN9O. The molecule has 31 heavy (non-hydrogen) atoms. The van der Waals surface area contributed by atoms with Crippen LogP contribution in [0.15, 0.2) is 60.2 Å². The fraction of sp³-hybridized carbons (Fsp3) is 0.350. The Morgan fingerprint density at radius 1 is 1.26 bits per heavy atom. The molecule has 2 unspecified atom stereocenters. The van der Waals surface area contributed by atoms with Crippen LogP contribution in [0.4, 0.5) is 10.1 Å². The van der Waals surface area contributed by atoms with Gasteiger partial charge in [-0.05, 0) is 25.8 Å². The maximum Gasteiger partial charge on any atom is 0.268 e. The van der Waals surface area contributed by atoms with E-state index in [1.807, 2.05) is 0 Å². The van der Waals surface area contributed by atoms with Crippen LogP contribution in [0, 0.1) is 0 Å². The third-order valence-corrected chi connectivity index (χ3v) is 4.98. The number of hydrogen-bond acceptors (Lipinski definition) is 8. The second-order valence-electron chi connectivity index (χ2n) is 7.29. The third-order valence-electron chi connectivity index (χ3n) is 4.98. The number of anilines is 1. The lowest BCUT2D eigenvalue weighted by molar-refractivity contribution is -0.114. The standard InChI is InChI=1S/C20H26FN9O/c1-12(28-14-10-24-20(25-11-14)30-26-7-8-27-30)15(19(23)31)9-16(21)13(2)29-18-6-4-3-5-17(18)22/h7-11,17-18,28-29H,2-6,22H2,1H3,(H2,23,31)/b15-12-,16-9+. The third kappa shape index (κ3) is 5.72. The van der Waals surface area contributed by atoms with Crippen LogP contribution in [0.3, 0.4) is 0 Å². The zero-order valence-corrected chi connectivity index (χ0v) is 17.3. The van der Waals surface area contributed by atoms with Gasteiger partial charge >= 0.3 is 0 Å². The first-order valence-electron chi connectivity index (χ1n) is 9.90. The highest BCUT2D eigenvalue weighted by molar-refractivity contribution is 5.96. The molecule has 1 fully saturated rings. The molecule has 2 atom stereocenters. The van der Waals surface area contributed by atoms with Crippen LogP contribution in [-0.2, 0) is 4.79 Å². The van der Waals surface area contributed by atoms with Crippen molar-refractivity contribution >= 4 is 11.6 Å². The molecule has 2 aromatic heterocycles. The molecule has 0 aliphatic heterocycles. The van der Waals surface area contributed by atoms with Crippen molar-refractivity contribution in [1.82, 2.24) is 30.3 Å². The molecule has 6 N–H and O–H groups in total. The normalized spacial score (nSPS) is 20.0. The van der Waals surface area contributed by atoms with E-state index in [-0.39, 0.29) is 29.3 Å². The number of rotatable bonds is 8. The highest BCUT2D eigenvalue weighted by Crippen LogP contribution is 2.21. The van der Waals surface area contributed by atoms with Crippen LogP contribution in [0.1, 0.15) is 32.6 Å². The van der Waals surface area contributed by atoms with E-state index in [0.717, 1.165) is 31.8 Å². The Kier molecular flexibility index (Phi) is 7.08. The molecule has 3 rings (SSSR count). The summed E-state index contributed by atoms with van der Waals surface area (Å²) >= 11 is 0. The van der Waals surface area contributed by atoms with Gasteiger partial charge in [-0.25, -0.2) is 14.4 Å². The van der Waals surface area contributed by atoms with Gasteiger partial charge in [-0.1, -0.05) is 19.4 Å². The molecule has 2 aromatic rings. The van der Waals surface area contributed by atoms with Crippen molar-refractivity contribution in [1.29, 1.82) is 0 Å². The highest BCUT2D eigenvalue weighted by atomic mass is 19.1.